The normalized spacial score (nSPS) is 10.8. The van der Waals surface area contributed by atoms with Crippen molar-refractivity contribution in [2.75, 3.05) is 6.61 Å². The third-order valence-corrected chi connectivity index (χ3v) is 4.31. The number of carbonyl (C=O) groups is 1. The van der Waals surface area contributed by atoms with E-state index in [1.54, 1.807) is 21.8 Å². The van der Waals surface area contributed by atoms with Crippen molar-refractivity contribution in [3.8, 4) is 5.69 Å². The highest BCUT2D eigenvalue weighted by atomic mass is 16.5. The first kappa shape index (κ1) is 19.5. The van der Waals surface area contributed by atoms with Crippen LogP contribution in [0.3, 0.4) is 0 Å². The van der Waals surface area contributed by atoms with E-state index in [1.807, 2.05) is 37.5 Å². The third kappa shape index (κ3) is 5.16. The number of hydrogen-bond acceptors (Lipinski definition) is 5. The van der Waals surface area contributed by atoms with Gasteiger partial charge in [0.15, 0.2) is 0 Å². The number of esters is 1. The molecule has 0 saturated carbocycles. The molecule has 0 atom stereocenters. The van der Waals surface area contributed by atoms with Gasteiger partial charge in [-0.3, -0.25) is 14.3 Å². The molecule has 146 valence electrons. The van der Waals surface area contributed by atoms with Crippen LogP contribution >= 0.6 is 0 Å². The number of hydrogen-bond donors (Lipinski definition) is 0. The van der Waals surface area contributed by atoms with Gasteiger partial charge in [0, 0.05) is 25.7 Å². The second-order valence-corrected chi connectivity index (χ2v) is 6.69. The van der Waals surface area contributed by atoms with E-state index in [0.29, 0.717) is 18.7 Å². The predicted octanol–water partition coefficient (Wildman–Crippen LogP) is 2.44. The first-order valence-electron chi connectivity index (χ1n) is 9.36. The quantitative estimate of drug-likeness (QED) is 0.443. The van der Waals surface area contributed by atoms with Crippen molar-refractivity contribution in [2.45, 2.75) is 32.6 Å². The molecule has 0 N–H and O–H groups in total. The van der Waals surface area contributed by atoms with E-state index < -0.39 is 0 Å². The molecular weight excluding hydrogens is 356 g/mol. The topological polar surface area (TPSA) is 79.0 Å². The van der Waals surface area contributed by atoms with Crippen LogP contribution in [-0.4, -0.2) is 32.1 Å². The average molecular weight is 380 g/mol. The van der Waals surface area contributed by atoms with Gasteiger partial charge in [0.1, 0.15) is 11.4 Å². The number of benzene rings is 1. The van der Waals surface area contributed by atoms with E-state index in [2.05, 4.69) is 17.1 Å². The lowest BCUT2D eigenvalue weighted by Crippen LogP contribution is -2.16. The molecular formula is C21H24N4O3. The van der Waals surface area contributed by atoms with Crippen LogP contribution in [0, 0.1) is 0 Å². The largest absolute Gasteiger partial charge is 0.465 e. The molecule has 2 aromatic heterocycles. The summed E-state index contributed by atoms with van der Waals surface area (Å²) < 4.78 is 8.53. The first-order valence-corrected chi connectivity index (χ1v) is 9.36. The summed E-state index contributed by atoms with van der Waals surface area (Å²) in [6, 6.07) is 9.12. The van der Waals surface area contributed by atoms with Crippen LogP contribution in [0.4, 0.5) is 0 Å². The van der Waals surface area contributed by atoms with E-state index in [0.717, 1.165) is 29.7 Å². The third-order valence-electron chi connectivity index (χ3n) is 4.31. The Bertz CT molecular complexity index is 1010. The summed E-state index contributed by atoms with van der Waals surface area (Å²) in [5.74, 6) is -0.234. The van der Waals surface area contributed by atoms with Crippen LogP contribution in [0.25, 0.3) is 5.69 Å². The fraction of sp³-hybridized carbons (Fsp3) is 0.333. The maximum Gasteiger partial charge on any atom is 0.310 e. The van der Waals surface area contributed by atoms with Crippen molar-refractivity contribution in [1.29, 1.82) is 0 Å². The van der Waals surface area contributed by atoms with Crippen molar-refractivity contribution in [3.63, 3.8) is 0 Å². The van der Waals surface area contributed by atoms with Crippen molar-refractivity contribution < 1.29 is 9.53 Å². The van der Waals surface area contributed by atoms with Gasteiger partial charge < -0.3 is 4.74 Å². The molecule has 0 aliphatic heterocycles. The monoisotopic (exact) mass is 380 g/mol. The number of nitrogens with zero attached hydrogens (tertiary/aromatic N) is 4. The molecule has 0 amide bonds. The summed E-state index contributed by atoms with van der Waals surface area (Å²) in [6.07, 6.45) is 7.61. The SMILES string of the molecule is CCCCOC(=O)Cc1cccc(Cc2nn(-c3cnn(C)c3)ccc2=O)c1. The lowest BCUT2D eigenvalue weighted by atomic mass is 10.0. The van der Waals surface area contributed by atoms with E-state index >= 15 is 0 Å². The fourth-order valence-electron chi connectivity index (χ4n) is 2.83. The molecule has 3 rings (SSSR count). The molecule has 2 heterocycles. The Balaban J connectivity index is 1.73. The van der Waals surface area contributed by atoms with E-state index in [1.165, 1.54) is 6.07 Å². The van der Waals surface area contributed by atoms with E-state index in [-0.39, 0.29) is 17.8 Å². The van der Waals surface area contributed by atoms with Crippen LogP contribution in [0.5, 0.6) is 0 Å². The molecule has 0 aliphatic rings. The second-order valence-electron chi connectivity index (χ2n) is 6.69. The molecule has 28 heavy (non-hydrogen) atoms. The van der Waals surface area contributed by atoms with Gasteiger partial charge in [0.2, 0.25) is 5.43 Å². The minimum Gasteiger partial charge on any atom is -0.465 e. The maximum absolute atomic E-state index is 12.3. The van der Waals surface area contributed by atoms with Gasteiger partial charge in [0.05, 0.1) is 25.4 Å². The van der Waals surface area contributed by atoms with Crippen molar-refractivity contribution in [2.24, 2.45) is 7.05 Å². The highest BCUT2D eigenvalue weighted by Gasteiger charge is 2.09. The number of aryl methyl sites for hydroxylation is 1. The zero-order chi connectivity index (χ0) is 19.9. The van der Waals surface area contributed by atoms with Gasteiger partial charge in [0.25, 0.3) is 0 Å². The van der Waals surface area contributed by atoms with Crippen molar-refractivity contribution in [1.82, 2.24) is 19.6 Å². The molecule has 0 spiro atoms. The Hall–Kier alpha value is -3.22. The van der Waals surface area contributed by atoms with Gasteiger partial charge in [-0.05, 0) is 17.5 Å². The molecule has 3 aromatic rings. The minimum absolute atomic E-state index is 0.121. The summed E-state index contributed by atoms with van der Waals surface area (Å²) in [5, 5.41) is 8.58. The molecule has 0 saturated heterocycles. The van der Waals surface area contributed by atoms with Crippen molar-refractivity contribution >= 4 is 5.97 Å². The molecule has 0 aliphatic carbocycles. The first-order chi connectivity index (χ1) is 13.5. The summed E-state index contributed by atoms with van der Waals surface area (Å²) in [6.45, 7) is 2.51. The maximum atomic E-state index is 12.3. The molecule has 0 unspecified atom stereocenters. The zero-order valence-electron chi connectivity index (χ0n) is 16.2. The minimum atomic E-state index is -0.234. The van der Waals surface area contributed by atoms with Crippen molar-refractivity contribution in [3.05, 3.63) is 76.0 Å². The summed E-state index contributed by atoms with van der Waals surface area (Å²) in [4.78, 5) is 24.2. The predicted molar refractivity (Wildman–Crippen MR) is 105 cm³/mol. The van der Waals surface area contributed by atoms with Gasteiger partial charge in [-0.15, -0.1) is 0 Å². The number of carbonyl (C=O) groups excluding carboxylic acids is 1. The lowest BCUT2D eigenvalue weighted by molar-refractivity contribution is -0.142. The highest BCUT2D eigenvalue weighted by molar-refractivity contribution is 5.72. The van der Waals surface area contributed by atoms with Crippen LogP contribution in [-0.2, 0) is 29.4 Å². The van der Waals surface area contributed by atoms with E-state index in [9.17, 15) is 9.59 Å². The highest BCUT2D eigenvalue weighted by Crippen LogP contribution is 2.11. The Labute approximate surface area is 163 Å². The number of unbranched alkanes of at least 4 members (excludes halogenated alkanes) is 1. The molecule has 7 heteroatoms. The standard InChI is InChI=1S/C21H24N4O3/c1-3-4-10-28-21(27)13-17-7-5-6-16(11-17)12-19-20(26)8-9-25(23-19)18-14-22-24(2)15-18/h5-9,11,14-15H,3-4,10,12-13H2,1-2H3. The van der Waals surface area contributed by atoms with Gasteiger partial charge in [-0.1, -0.05) is 37.6 Å². The van der Waals surface area contributed by atoms with Gasteiger partial charge >= 0.3 is 5.97 Å². The van der Waals surface area contributed by atoms with Gasteiger partial charge in [-0.25, -0.2) is 4.68 Å². The summed E-state index contributed by atoms with van der Waals surface area (Å²) in [7, 11) is 1.83. The lowest BCUT2D eigenvalue weighted by Gasteiger charge is -2.07. The average Bonchev–Trinajstić information content (AvgIpc) is 3.10. The Morgan fingerprint density at radius 2 is 2.04 bits per heavy atom. The molecule has 0 fully saturated rings. The Morgan fingerprint density at radius 1 is 1.21 bits per heavy atom. The number of rotatable bonds is 8. The van der Waals surface area contributed by atoms with Gasteiger partial charge in [-0.2, -0.15) is 10.2 Å². The molecule has 7 nitrogen and oxygen atoms in total. The summed E-state index contributed by atoms with van der Waals surface area (Å²) in [5.41, 5.74) is 2.89. The molecule has 0 radical (unpaired) electrons. The van der Waals surface area contributed by atoms with E-state index in [4.69, 9.17) is 4.74 Å². The smallest absolute Gasteiger partial charge is 0.310 e. The Kier molecular flexibility index (Phi) is 6.37. The number of aromatic nitrogens is 4. The fourth-order valence-corrected chi connectivity index (χ4v) is 2.83. The zero-order valence-corrected chi connectivity index (χ0v) is 16.2. The van der Waals surface area contributed by atoms with Crippen LogP contribution < -0.4 is 5.43 Å². The summed E-state index contributed by atoms with van der Waals surface area (Å²) >= 11 is 0. The van der Waals surface area contributed by atoms with Crippen LogP contribution in [0.2, 0.25) is 0 Å². The molecule has 0 bridgehead atoms. The number of ether oxygens (including phenoxy) is 1. The van der Waals surface area contributed by atoms with Crippen LogP contribution in [0.1, 0.15) is 36.6 Å². The van der Waals surface area contributed by atoms with Crippen LogP contribution in [0.15, 0.2) is 53.7 Å². The Morgan fingerprint density at radius 3 is 2.79 bits per heavy atom. The molecule has 1 aromatic carbocycles. The second kappa shape index (κ2) is 9.12.